The molecule has 74 valence electrons. The summed E-state index contributed by atoms with van der Waals surface area (Å²) in [6.07, 6.45) is 1.96. The van der Waals surface area contributed by atoms with Gasteiger partial charge in [-0.1, -0.05) is 13.3 Å². The normalized spacial score (nSPS) is 9.57. The van der Waals surface area contributed by atoms with Crippen LogP contribution in [-0.4, -0.2) is 12.1 Å². The molecule has 0 radical (unpaired) electrons. The van der Waals surface area contributed by atoms with Crippen LogP contribution >= 0.6 is 0 Å². The molecule has 0 fully saturated rings. The largest absolute Gasteiger partial charge is 0.480 e. The molecule has 3 nitrogen and oxygen atoms in total. The minimum absolute atomic E-state index is 0.441. The summed E-state index contributed by atoms with van der Waals surface area (Å²) < 4.78 is 5.07. The molecule has 0 atom stereocenters. The van der Waals surface area contributed by atoms with E-state index in [1.807, 2.05) is 13.0 Å². The number of hydrogen-bond donors (Lipinski definition) is 0. The van der Waals surface area contributed by atoms with Crippen molar-refractivity contribution in [2.24, 2.45) is 0 Å². The molecule has 0 bridgehead atoms. The number of aromatic nitrogens is 1. The third-order valence-corrected chi connectivity index (χ3v) is 2.05. The second-order valence-electron chi connectivity index (χ2n) is 3.18. The predicted molar refractivity (Wildman–Crippen MR) is 54.2 cm³/mol. The zero-order chi connectivity index (χ0) is 10.6. The van der Waals surface area contributed by atoms with Gasteiger partial charge in [-0.15, -0.1) is 0 Å². The first-order valence-corrected chi connectivity index (χ1v) is 4.67. The van der Waals surface area contributed by atoms with E-state index < -0.39 is 0 Å². The van der Waals surface area contributed by atoms with E-state index in [0.29, 0.717) is 11.4 Å². The topological polar surface area (TPSA) is 45.9 Å². The van der Waals surface area contributed by atoms with Crippen LogP contribution in [0.15, 0.2) is 6.07 Å². The van der Waals surface area contributed by atoms with Crippen LogP contribution in [0.2, 0.25) is 0 Å². The molecule has 1 rings (SSSR count). The summed E-state index contributed by atoms with van der Waals surface area (Å²) in [6.45, 7) is 4.00. The summed E-state index contributed by atoms with van der Waals surface area (Å²) in [5.41, 5.74) is 2.45. The predicted octanol–water partition coefficient (Wildman–Crippen LogP) is 2.22. The highest BCUT2D eigenvalue weighted by Gasteiger charge is 2.09. The number of nitriles is 1. The van der Waals surface area contributed by atoms with Gasteiger partial charge in [-0.25, -0.2) is 4.98 Å². The van der Waals surface area contributed by atoms with Crippen molar-refractivity contribution >= 4 is 0 Å². The van der Waals surface area contributed by atoms with Gasteiger partial charge in [0.1, 0.15) is 11.6 Å². The minimum Gasteiger partial charge on any atom is -0.480 e. The molecule has 0 aliphatic heterocycles. The van der Waals surface area contributed by atoms with Crippen LogP contribution in [0.5, 0.6) is 5.88 Å². The van der Waals surface area contributed by atoms with E-state index >= 15 is 0 Å². The zero-order valence-corrected chi connectivity index (χ0v) is 8.79. The SMILES string of the molecule is CCCc1cc(C)c(C#N)c(OC)n1. The Bertz CT molecular complexity index is 366. The van der Waals surface area contributed by atoms with Gasteiger partial charge in [0.15, 0.2) is 0 Å². The number of methoxy groups -OCH3 is 1. The Labute approximate surface area is 84.3 Å². The molecule has 1 aromatic heterocycles. The highest BCUT2D eigenvalue weighted by molar-refractivity contribution is 5.45. The first-order valence-electron chi connectivity index (χ1n) is 4.67. The lowest BCUT2D eigenvalue weighted by atomic mass is 10.1. The lowest BCUT2D eigenvalue weighted by molar-refractivity contribution is 0.394. The van der Waals surface area contributed by atoms with E-state index in [9.17, 15) is 0 Å². The summed E-state index contributed by atoms with van der Waals surface area (Å²) >= 11 is 0. The molecular formula is C11H14N2O. The third-order valence-electron chi connectivity index (χ3n) is 2.05. The summed E-state index contributed by atoms with van der Waals surface area (Å²) in [7, 11) is 1.54. The van der Waals surface area contributed by atoms with Crippen LogP contribution in [-0.2, 0) is 6.42 Å². The lowest BCUT2D eigenvalue weighted by Gasteiger charge is -2.07. The van der Waals surface area contributed by atoms with Gasteiger partial charge in [0.25, 0.3) is 0 Å². The number of nitrogens with zero attached hydrogens (tertiary/aromatic N) is 2. The molecule has 1 heterocycles. The van der Waals surface area contributed by atoms with E-state index in [0.717, 1.165) is 24.1 Å². The van der Waals surface area contributed by atoms with Crippen LogP contribution in [0.4, 0.5) is 0 Å². The summed E-state index contributed by atoms with van der Waals surface area (Å²) in [5, 5.41) is 8.88. The third kappa shape index (κ3) is 2.02. The molecule has 0 unspecified atom stereocenters. The molecule has 1 aromatic rings. The molecule has 0 saturated heterocycles. The Hall–Kier alpha value is -1.56. The van der Waals surface area contributed by atoms with E-state index in [1.165, 1.54) is 0 Å². The van der Waals surface area contributed by atoms with Gasteiger partial charge in [0.05, 0.1) is 7.11 Å². The van der Waals surface area contributed by atoms with Crippen molar-refractivity contribution in [3.8, 4) is 11.9 Å². The van der Waals surface area contributed by atoms with Gasteiger partial charge < -0.3 is 4.74 Å². The van der Waals surface area contributed by atoms with Gasteiger partial charge in [-0.3, -0.25) is 0 Å². The van der Waals surface area contributed by atoms with Crippen molar-refractivity contribution in [1.82, 2.24) is 4.98 Å². The molecule has 0 aromatic carbocycles. The minimum atomic E-state index is 0.441. The standard InChI is InChI=1S/C11H14N2O/c1-4-5-9-6-8(2)10(7-12)11(13-9)14-3/h6H,4-5H2,1-3H3. The van der Waals surface area contributed by atoms with Crippen LogP contribution in [0.1, 0.15) is 30.2 Å². The number of hydrogen-bond acceptors (Lipinski definition) is 3. The van der Waals surface area contributed by atoms with E-state index in [-0.39, 0.29) is 0 Å². The fourth-order valence-corrected chi connectivity index (χ4v) is 1.38. The molecule has 0 N–H and O–H groups in total. The average molecular weight is 190 g/mol. The Balaban J connectivity index is 3.19. The van der Waals surface area contributed by atoms with E-state index in [1.54, 1.807) is 7.11 Å². The Morgan fingerprint density at radius 3 is 2.79 bits per heavy atom. The maximum atomic E-state index is 8.88. The molecule has 0 amide bonds. The van der Waals surface area contributed by atoms with E-state index in [2.05, 4.69) is 18.0 Å². The molecule has 0 aliphatic carbocycles. The molecule has 14 heavy (non-hydrogen) atoms. The van der Waals surface area contributed by atoms with Gasteiger partial charge >= 0.3 is 0 Å². The maximum absolute atomic E-state index is 8.88. The fraction of sp³-hybridized carbons (Fsp3) is 0.455. The van der Waals surface area contributed by atoms with Gasteiger partial charge in [0, 0.05) is 5.69 Å². The number of pyridine rings is 1. The number of aryl methyl sites for hydroxylation is 2. The number of ether oxygens (including phenoxy) is 1. The highest BCUT2D eigenvalue weighted by Crippen LogP contribution is 2.20. The van der Waals surface area contributed by atoms with Gasteiger partial charge in [-0.2, -0.15) is 5.26 Å². The van der Waals surface area contributed by atoms with Crippen molar-refractivity contribution < 1.29 is 4.74 Å². The van der Waals surface area contributed by atoms with Crippen molar-refractivity contribution in [2.45, 2.75) is 26.7 Å². The van der Waals surface area contributed by atoms with Gasteiger partial charge in [0.2, 0.25) is 5.88 Å². The monoisotopic (exact) mass is 190 g/mol. The Morgan fingerprint density at radius 2 is 2.29 bits per heavy atom. The second-order valence-corrected chi connectivity index (χ2v) is 3.18. The zero-order valence-electron chi connectivity index (χ0n) is 8.79. The Morgan fingerprint density at radius 1 is 1.57 bits per heavy atom. The average Bonchev–Trinajstić information content (AvgIpc) is 2.17. The molecule has 0 saturated carbocycles. The smallest absolute Gasteiger partial charge is 0.231 e. The van der Waals surface area contributed by atoms with Crippen LogP contribution < -0.4 is 4.74 Å². The molecular weight excluding hydrogens is 176 g/mol. The fourth-order valence-electron chi connectivity index (χ4n) is 1.38. The summed E-state index contributed by atoms with van der Waals surface area (Å²) in [6, 6.07) is 4.05. The van der Waals surface area contributed by atoms with E-state index in [4.69, 9.17) is 10.00 Å². The summed E-state index contributed by atoms with van der Waals surface area (Å²) in [5.74, 6) is 0.441. The second kappa shape index (κ2) is 4.61. The lowest BCUT2D eigenvalue weighted by Crippen LogP contribution is -1.99. The molecule has 0 aliphatic rings. The molecule has 0 spiro atoms. The number of rotatable bonds is 3. The first-order chi connectivity index (χ1) is 6.72. The van der Waals surface area contributed by atoms with Crippen molar-refractivity contribution in [1.29, 1.82) is 5.26 Å². The van der Waals surface area contributed by atoms with Crippen molar-refractivity contribution in [2.75, 3.05) is 7.11 Å². The van der Waals surface area contributed by atoms with Gasteiger partial charge in [-0.05, 0) is 25.0 Å². The molecule has 3 heteroatoms. The van der Waals surface area contributed by atoms with Crippen molar-refractivity contribution in [3.63, 3.8) is 0 Å². The quantitative estimate of drug-likeness (QED) is 0.734. The van der Waals surface area contributed by atoms with Crippen LogP contribution in [0.3, 0.4) is 0 Å². The highest BCUT2D eigenvalue weighted by atomic mass is 16.5. The summed E-state index contributed by atoms with van der Waals surface area (Å²) in [4.78, 5) is 4.27. The maximum Gasteiger partial charge on any atom is 0.231 e. The van der Waals surface area contributed by atoms with Crippen LogP contribution in [0, 0.1) is 18.3 Å². The first kappa shape index (κ1) is 10.5. The van der Waals surface area contributed by atoms with Crippen LogP contribution in [0.25, 0.3) is 0 Å². The van der Waals surface area contributed by atoms with Crippen molar-refractivity contribution in [3.05, 3.63) is 22.9 Å². The Kier molecular flexibility index (Phi) is 3.47.